The van der Waals surface area contributed by atoms with Gasteiger partial charge in [0.15, 0.2) is 5.78 Å². The summed E-state index contributed by atoms with van der Waals surface area (Å²) in [6, 6.07) is 3.64. The van der Waals surface area contributed by atoms with E-state index in [2.05, 4.69) is 0 Å². The van der Waals surface area contributed by atoms with Crippen LogP contribution in [-0.4, -0.2) is 22.5 Å². The predicted octanol–water partition coefficient (Wildman–Crippen LogP) is 4.27. The number of allylic oxidation sites excluding steroid dienone is 2. The number of nitro benzene ring substituents is 1. The van der Waals surface area contributed by atoms with E-state index in [0.717, 1.165) is 6.07 Å². The van der Waals surface area contributed by atoms with E-state index in [1.54, 1.807) is 20.8 Å². The number of esters is 1. The molecule has 2 unspecified atom stereocenters. The topological polar surface area (TPSA) is 104 Å². The molecule has 1 aromatic rings. The van der Waals surface area contributed by atoms with Gasteiger partial charge in [-0.25, -0.2) is 0 Å². The summed E-state index contributed by atoms with van der Waals surface area (Å²) in [5.41, 5.74) is -1.81. The average Bonchev–Trinajstić information content (AvgIpc) is 3.04. The maximum absolute atomic E-state index is 13.2. The van der Waals surface area contributed by atoms with Crippen molar-refractivity contribution in [1.82, 2.24) is 0 Å². The number of carbonyl (C=O) groups excluding carboxylic acids is 3. The molecule has 0 spiro atoms. The van der Waals surface area contributed by atoms with Crippen LogP contribution in [0.25, 0.3) is 0 Å². The molecule has 2 atom stereocenters. The number of benzene rings is 1. The first-order valence-electron chi connectivity index (χ1n) is 9.00. The highest BCUT2D eigenvalue weighted by Crippen LogP contribution is 2.45. The van der Waals surface area contributed by atoms with Gasteiger partial charge in [0.25, 0.3) is 5.69 Å². The van der Waals surface area contributed by atoms with E-state index in [9.17, 15) is 24.5 Å². The smallest absolute Gasteiger partial charge is 0.316 e. The highest BCUT2D eigenvalue weighted by molar-refractivity contribution is 6.32. The zero-order chi connectivity index (χ0) is 20.8. The van der Waals surface area contributed by atoms with Gasteiger partial charge in [0.1, 0.15) is 16.9 Å². The fraction of sp³-hybridized carbons (Fsp3) is 0.450. The van der Waals surface area contributed by atoms with Gasteiger partial charge < -0.3 is 4.74 Å². The monoisotopic (exact) mass is 405 g/mol. The number of hydrogen-bond donors (Lipinski definition) is 0. The second kappa shape index (κ2) is 7.13. The molecule has 0 amide bonds. The number of ether oxygens (including phenoxy) is 1. The summed E-state index contributed by atoms with van der Waals surface area (Å²) in [7, 11) is 0. The van der Waals surface area contributed by atoms with Crippen molar-refractivity contribution in [2.45, 2.75) is 40.0 Å². The molecule has 2 aliphatic rings. The molecule has 0 N–H and O–H groups in total. The number of ketones is 2. The highest BCUT2D eigenvalue weighted by Gasteiger charge is 2.46. The van der Waals surface area contributed by atoms with Crippen LogP contribution < -0.4 is 0 Å². The Bertz CT molecular complexity index is 927. The van der Waals surface area contributed by atoms with Crippen molar-refractivity contribution in [3.63, 3.8) is 0 Å². The number of nitro groups is 1. The molecule has 2 bridgehead atoms. The van der Waals surface area contributed by atoms with Crippen molar-refractivity contribution in [2.24, 2.45) is 17.3 Å². The van der Waals surface area contributed by atoms with Gasteiger partial charge in [0.2, 0.25) is 5.78 Å². The van der Waals surface area contributed by atoms with E-state index in [1.165, 1.54) is 12.1 Å². The summed E-state index contributed by atoms with van der Waals surface area (Å²) in [6.45, 7) is 5.01. The van der Waals surface area contributed by atoms with Crippen LogP contribution in [0.5, 0.6) is 0 Å². The summed E-state index contributed by atoms with van der Waals surface area (Å²) < 4.78 is 5.54. The Hall–Kier alpha value is -2.54. The lowest BCUT2D eigenvalue weighted by molar-refractivity contribution is -0.385. The molecule has 1 aromatic carbocycles. The molecule has 1 fully saturated rings. The maximum Gasteiger partial charge on any atom is 0.316 e. The van der Waals surface area contributed by atoms with Gasteiger partial charge in [0.05, 0.1) is 10.3 Å². The Morgan fingerprint density at radius 2 is 1.86 bits per heavy atom. The first-order valence-corrected chi connectivity index (χ1v) is 9.37. The Kier molecular flexibility index (Phi) is 5.14. The largest absolute Gasteiger partial charge is 0.429 e. The number of carbonyl (C=O) groups is 3. The Morgan fingerprint density at radius 3 is 2.46 bits per heavy atom. The quantitative estimate of drug-likeness (QED) is 0.243. The highest BCUT2D eigenvalue weighted by atomic mass is 35.5. The molecule has 2 aliphatic carbocycles. The van der Waals surface area contributed by atoms with Crippen LogP contribution in [0.3, 0.4) is 0 Å². The minimum Gasteiger partial charge on any atom is -0.429 e. The van der Waals surface area contributed by atoms with E-state index in [4.69, 9.17) is 16.3 Å². The lowest BCUT2D eigenvalue weighted by Crippen LogP contribution is -2.31. The van der Waals surface area contributed by atoms with Crippen molar-refractivity contribution >= 4 is 34.8 Å². The minimum atomic E-state index is -0.827. The van der Waals surface area contributed by atoms with Crippen LogP contribution >= 0.6 is 11.6 Å². The SMILES string of the molecule is CC(C)(C)C(=O)OC1=C(C(=O)c2ccc(Cl)cc2[N+](=O)[O-])C(=O)C2CCC1C2. The number of nitrogens with zero attached hydrogens (tertiary/aromatic N) is 1. The van der Waals surface area contributed by atoms with E-state index < -0.39 is 33.6 Å². The second-order valence-corrected chi connectivity index (χ2v) is 8.63. The average molecular weight is 406 g/mol. The number of hydrogen-bond acceptors (Lipinski definition) is 6. The summed E-state index contributed by atoms with van der Waals surface area (Å²) in [5, 5.41) is 11.5. The van der Waals surface area contributed by atoms with Crippen molar-refractivity contribution < 1.29 is 24.0 Å². The van der Waals surface area contributed by atoms with Crippen molar-refractivity contribution in [3.8, 4) is 0 Å². The normalized spacial score (nSPS) is 21.6. The van der Waals surface area contributed by atoms with E-state index in [0.29, 0.717) is 19.3 Å². The van der Waals surface area contributed by atoms with Crippen molar-refractivity contribution in [3.05, 3.63) is 50.2 Å². The molecule has 7 nitrogen and oxygen atoms in total. The van der Waals surface area contributed by atoms with E-state index in [1.807, 2.05) is 0 Å². The molecule has 0 radical (unpaired) electrons. The number of fused-ring (bicyclic) bond motifs is 2. The predicted molar refractivity (Wildman–Crippen MR) is 101 cm³/mol. The summed E-state index contributed by atoms with van der Waals surface area (Å²) in [6.07, 6.45) is 1.74. The number of rotatable bonds is 4. The van der Waals surface area contributed by atoms with Gasteiger partial charge in [-0.05, 0) is 52.2 Å². The lowest BCUT2D eigenvalue weighted by Gasteiger charge is -2.26. The van der Waals surface area contributed by atoms with E-state index in [-0.39, 0.29) is 33.8 Å². The molecular weight excluding hydrogens is 386 g/mol. The summed E-state index contributed by atoms with van der Waals surface area (Å²) in [4.78, 5) is 49.2. The van der Waals surface area contributed by atoms with Gasteiger partial charge in [-0.1, -0.05) is 11.6 Å². The van der Waals surface area contributed by atoms with Gasteiger partial charge in [-0.2, -0.15) is 0 Å². The number of Topliss-reactive ketones (excluding diaryl/α,β-unsaturated/α-hetero) is 2. The summed E-state index contributed by atoms with van der Waals surface area (Å²) >= 11 is 5.82. The van der Waals surface area contributed by atoms with Crippen molar-refractivity contribution in [1.29, 1.82) is 0 Å². The minimum absolute atomic E-state index is 0.0490. The Balaban J connectivity index is 2.13. The van der Waals surface area contributed by atoms with Crippen LogP contribution in [0.1, 0.15) is 50.4 Å². The van der Waals surface area contributed by atoms with Crippen LogP contribution in [0, 0.1) is 27.4 Å². The molecule has 0 heterocycles. The third kappa shape index (κ3) is 3.58. The van der Waals surface area contributed by atoms with Crippen LogP contribution in [-0.2, 0) is 14.3 Å². The molecule has 1 saturated carbocycles. The fourth-order valence-electron chi connectivity index (χ4n) is 3.58. The molecule has 148 valence electrons. The zero-order valence-corrected chi connectivity index (χ0v) is 16.5. The van der Waals surface area contributed by atoms with E-state index >= 15 is 0 Å². The second-order valence-electron chi connectivity index (χ2n) is 8.20. The van der Waals surface area contributed by atoms with Crippen molar-refractivity contribution in [2.75, 3.05) is 0 Å². The first kappa shape index (κ1) is 20.2. The first-order chi connectivity index (χ1) is 13.0. The van der Waals surface area contributed by atoms with Crippen LogP contribution in [0.2, 0.25) is 5.02 Å². The Morgan fingerprint density at radius 1 is 1.21 bits per heavy atom. The zero-order valence-electron chi connectivity index (χ0n) is 15.8. The molecular formula is C20H20ClNO6. The molecule has 0 aromatic heterocycles. The fourth-order valence-corrected chi connectivity index (χ4v) is 3.75. The summed E-state index contributed by atoms with van der Waals surface area (Å²) in [5.74, 6) is -2.28. The molecule has 8 heteroatoms. The Labute approximate surface area is 166 Å². The molecule has 3 rings (SSSR count). The standard InChI is InChI=1S/C20H20ClNO6/c1-20(2,3)19(25)28-18-11-5-4-10(8-11)16(23)15(18)17(24)13-7-6-12(21)9-14(13)22(26)27/h6-7,9-11H,4-5,8H2,1-3H3. The maximum atomic E-state index is 13.2. The van der Waals surface area contributed by atoms with Crippen LogP contribution in [0.15, 0.2) is 29.5 Å². The molecule has 0 saturated heterocycles. The van der Waals surface area contributed by atoms with Gasteiger partial charge in [0, 0.05) is 22.9 Å². The van der Waals surface area contributed by atoms with Gasteiger partial charge in [-0.3, -0.25) is 24.5 Å². The van der Waals surface area contributed by atoms with Crippen LogP contribution in [0.4, 0.5) is 5.69 Å². The lowest BCUT2D eigenvalue weighted by atomic mass is 9.82. The van der Waals surface area contributed by atoms with Gasteiger partial charge in [-0.15, -0.1) is 0 Å². The molecule has 28 heavy (non-hydrogen) atoms. The molecule has 0 aliphatic heterocycles. The third-order valence-electron chi connectivity index (χ3n) is 5.11. The number of halogens is 1. The third-order valence-corrected chi connectivity index (χ3v) is 5.35. The van der Waals surface area contributed by atoms with Gasteiger partial charge >= 0.3 is 5.97 Å².